The van der Waals surface area contributed by atoms with Gasteiger partial charge in [0.05, 0.1) is 16.7 Å². The number of halogens is 2. The maximum atomic E-state index is 16.7. The van der Waals surface area contributed by atoms with Crippen molar-refractivity contribution >= 4 is 45.1 Å². The van der Waals surface area contributed by atoms with E-state index in [-0.39, 0.29) is 40.1 Å². The van der Waals surface area contributed by atoms with E-state index >= 15 is 4.39 Å². The highest BCUT2D eigenvalue weighted by molar-refractivity contribution is 6.35. The van der Waals surface area contributed by atoms with Crippen molar-refractivity contribution in [3.8, 4) is 22.9 Å². The molecule has 1 fully saturated rings. The van der Waals surface area contributed by atoms with Crippen LogP contribution < -0.4 is 9.64 Å². The fraction of sp³-hybridized carbons (Fsp3) is 0.241. The summed E-state index contributed by atoms with van der Waals surface area (Å²) in [5.74, 6) is 0.251. The van der Waals surface area contributed by atoms with Gasteiger partial charge in [-0.2, -0.15) is 15.1 Å². The minimum Gasteiger partial charge on any atom is -0.423 e. The summed E-state index contributed by atoms with van der Waals surface area (Å²) in [6.07, 6.45) is 6.35. The van der Waals surface area contributed by atoms with E-state index in [0.717, 1.165) is 16.5 Å². The van der Waals surface area contributed by atoms with Crippen molar-refractivity contribution in [2.24, 2.45) is 0 Å². The van der Waals surface area contributed by atoms with Gasteiger partial charge in [0.1, 0.15) is 17.1 Å². The third-order valence-electron chi connectivity index (χ3n) is 7.42. The molecule has 0 saturated carbocycles. The van der Waals surface area contributed by atoms with E-state index < -0.39 is 5.82 Å². The fourth-order valence-corrected chi connectivity index (χ4v) is 5.72. The average Bonchev–Trinajstić information content (AvgIpc) is 3.63. The van der Waals surface area contributed by atoms with E-state index in [1.807, 2.05) is 37.8 Å². The zero-order chi connectivity index (χ0) is 28.1. The Kier molecular flexibility index (Phi) is 6.42. The number of hydrogen-bond donors (Lipinski definition) is 2. The van der Waals surface area contributed by atoms with Crippen LogP contribution in [0, 0.1) is 12.7 Å². The fourth-order valence-electron chi connectivity index (χ4n) is 5.44. The van der Waals surface area contributed by atoms with Gasteiger partial charge in [0.15, 0.2) is 5.82 Å². The third kappa shape index (κ3) is 4.24. The number of fused-ring (bicyclic) bond motifs is 2. The molecule has 4 heterocycles. The summed E-state index contributed by atoms with van der Waals surface area (Å²) in [4.78, 5) is 28.4. The van der Waals surface area contributed by atoms with Crippen molar-refractivity contribution in [2.75, 3.05) is 18.0 Å². The summed E-state index contributed by atoms with van der Waals surface area (Å²) >= 11 is 6.85. The summed E-state index contributed by atoms with van der Waals surface area (Å²) in [6, 6.07) is 6.96. The molecule has 5 aromatic rings. The van der Waals surface area contributed by atoms with Gasteiger partial charge in [0.2, 0.25) is 5.91 Å². The zero-order valence-corrected chi connectivity index (χ0v) is 23.0. The molecule has 0 aliphatic carbocycles. The van der Waals surface area contributed by atoms with Gasteiger partial charge in [-0.3, -0.25) is 9.89 Å². The number of carbonyl (C=O) groups excluding carboxylic acids is 1. The van der Waals surface area contributed by atoms with Crippen LogP contribution in [0.15, 0.2) is 55.5 Å². The van der Waals surface area contributed by atoms with Crippen molar-refractivity contribution in [2.45, 2.75) is 32.9 Å². The third-order valence-corrected chi connectivity index (χ3v) is 7.72. The van der Waals surface area contributed by atoms with Crippen LogP contribution in [0.4, 0.5) is 10.2 Å². The van der Waals surface area contributed by atoms with Gasteiger partial charge in [0, 0.05) is 59.5 Å². The van der Waals surface area contributed by atoms with Crippen LogP contribution in [0.2, 0.25) is 5.02 Å². The lowest BCUT2D eigenvalue weighted by Gasteiger charge is -2.44. The summed E-state index contributed by atoms with van der Waals surface area (Å²) in [7, 11) is 0. The highest BCUT2D eigenvalue weighted by Crippen LogP contribution is 2.43. The standard InChI is InChI=1S/C29H27ClFN7O2/c1-5-23(39)37-13-17(4)38(14-16(37)3)28-19-10-21(30)25(24-15(2)6-7-22-20(24)12-33-36-22)26(31)27(19)34-29(35-28)40-18-8-9-32-11-18/h5-12,16-17,32H,1,13-14H2,2-4H3,(H,33,36)/t16-,17+/m1/s1. The van der Waals surface area contributed by atoms with Crippen LogP contribution in [0.5, 0.6) is 11.8 Å². The largest absolute Gasteiger partial charge is 0.423 e. The minimum absolute atomic E-state index is 0.00281. The number of carbonyl (C=O) groups is 1. The smallest absolute Gasteiger partial charge is 0.324 e. The molecule has 1 saturated heterocycles. The number of benzene rings is 2. The predicted octanol–water partition coefficient (Wildman–Crippen LogP) is 6.01. The van der Waals surface area contributed by atoms with Gasteiger partial charge in [0.25, 0.3) is 0 Å². The minimum atomic E-state index is -0.581. The van der Waals surface area contributed by atoms with Crippen LogP contribution in [0.25, 0.3) is 32.9 Å². The van der Waals surface area contributed by atoms with Crippen molar-refractivity contribution in [3.05, 3.63) is 71.9 Å². The normalized spacial score (nSPS) is 17.5. The first-order chi connectivity index (χ1) is 19.3. The molecule has 0 spiro atoms. The second-order valence-corrected chi connectivity index (χ2v) is 10.5. The SMILES string of the molecule is C=CC(=O)N1C[C@H](C)N(c2nc(Oc3cc[nH]c3)nc3c(F)c(-c4c(C)ccc5[nH]ncc45)c(Cl)cc23)C[C@H]1C. The van der Waals surface area contributed by atoms with Gasteiger partial charge in [-0.15, -0.1) is 0 Å². The molecule has 1 amide bonds. The highest BCUT2D eigenvalue weighted by Gasteiger charge is 2.34. The number of aromatic amines is 2. The molecule has 3 aromatic heterocycles. The topological polar surface area (TPSA) is 103 Å². The van der Waals surface area contributed by atoms with Crippen LogP contribution in [-0.4, -0.2) is 61.1 Å². The van der Waals surface area contributed by atoms with E-state index in [0.29, 0.717) is 35.6 Å². The van der Waals surface area contributed by atoms with E-state index in [1.54, 1.807) is 35.6 Å². The monoisotopic (exact) mass is 559 g/mol. The first kappa shape index (κ1) is 25.8. The van der Waals surface area contributed by atoms with Crippen molar-refractivity contribution in [1.82, 2.24) is 30.0 Å². The van der Waals surface area contributed by atoms with Gasteiger partial charge < -0.3 is 19.5 Å². The summed E-state index contributed by atoms with van der Waals surface area (Å²) in [6.45, 7) is 10.4. The van der Waals surface area contributed by atoms with Gasteiger partial charge in [-0.25, -0.2) is 4.39 Å². The number of rotatable bonds is 5. The molecule has 204 valence electrons. The molecule has 0 unspecified atom stereocenters. The number of nitrogens with one attached hydrogen (secondary N) is 2. The Hall–Kier alpha value is -4.44. The van der Waals surface area contributed by atoms with E-state index in [2.05, 4.69) is 26.7 Å². The lowest BCUT2D eigenvalue weighted by molar-refractivity contribution is -0.128. The molecule has 1 aliphatic rings. The van der Waals surface area contributed by atoms with Crippen LogP contribution in [0.1, 0.15) is 19.4 Å². The first-order valence-corrected chi connectivity index (χ1v) is 13.3. The number of amides is 1. The lowest BCUT2D eigenvalue weighted by Crippen LogP contribution is -2.58. The number of aryl methyl sites for hydroxylation is 1. The van der Waals surface area contributed by atoms with Crippen LogP contribution >= 0.6 is 11.6 Å². The molecular weight excluding hydrogens is 533 g/mol. The molecule has 40 heavy (non-hydrogen) atoms. The number of hydrogen-bond acceptors (Lipinski definition) is 6. The first-order valence-electron chi connectivity index (χ1n) is 12.9. The number of ether oxygens (including phenoxy) is 1. The Balaban J connectivity index is 1.56. The predicted molar refractivity (Wildman–Crippen MR) is 153 cm³/mol. The molecule has 1 aliphatic heterocycles. The van der Waals surface area contributed by atoms with E-state index in [9.17, 15) is 4.79 Å². The second-order valence-electron chi connectivity index (χ2n) is 10.1. The molecule has 11 heteroatoms. The average molecular weight is 560 g/mol. The van der Waals surface area contributed by atoms with Crippen LogP contribution in [0.3, 0.4) is 0 Å². The van der Waals surface area contributed by atoms with Crippen molar-refractivity contribution in [3.63, 3.8) is 0 Å². The number of nitrogens with zero attached hydrogens (tertiary/aromatic N) is 5. The number of aromatic nitrogens is 5. The Morgan fingerprint density at radius 2 is 2.00 bits per heavy atom. The summed E-state index contributed by atoms with van der Waals surface area (Å²) in [5, 5.41) is 8.51. The second kappa shape index (κ2) is 9.95. The van der Waals surface area contributed by atoms with E-state index in [4.69, 9.17) is 21.3 Å². The Morgan fingerprint density at radius 1 is 1.18 bits per heavy atom. The molecule has 2 aromatic carbocycles. The Bertz CT molecular complexity index is 1770. The van der Waals surface area contributed by atoms with Crippen LogP contribution in [-0.2, 0) is 4.79 Å². The van der Waals surface area contributed by atoms with Crippen molar-refractivity contribution in [1.29, 1.82) is 0 Å². The van der Waals surface area contributed by atoms with Crippen molar-refractivity contribution < 1.29 is 13.9 Å². The maximum absolute atomic E-state index is 16.7. The molecule has 6 rings (SSSR count). The van der Waals surface area contributed by atoms with Gasteiger partial charge >= 0.3 is 6.01 Å². The maximum Gasteiger partial charge on any atom is 0.324 e. The summed E-state index contributed by atoms with van der Waals surface area (Å²) in [5.41, 5.74) is 2.57. The lowest BCUT2D eigenvalue weighted by atomic mass is 9.95. The van der Waals surface area contributed by atoms with Gasteiger partial charge in [-0.05, 0) is 50.6 Å². The van der Waals surface area contributed by atoms with E-state index in [1.165, 1.54) is 6.08 Å². The number of H-pyrrole nitrogens is 2. The Morgan fingerprint density at radius 3 is 2.75 bits per heavy atom. The van der Waals surface area contributed by atoms with Gasteiger partial charge in [-0.1, -0.05) is 24.2 Å². The zero-order valence-electron chi connectivity index (χ0n) is 22.2. The quantitative estimate of drug-likeness (QED) is 0.256. The number of anilines is 1. The summed E-state index contributed by atoms with van der Waals surface area (Å²) < 4.78 is 22.6. The number of piperazine rings is 1. The molecule has 2 atom stereocenters. The molecule has 0 bridgehead atoms. The molecule has 0 radical (unpaired) electrons. The molecule has 2 N–H and O–H groups in total. The highest BCUT2D eigenvalue weighted by atomic mass is 35.5. The molecule has 9 nitrogen and oxygen atoms in total. The Labute approximate surface area is 234 Å². The molecular formula is C29H27ClFN7O2.